The van der Waals surface area contributed by atoms with E-state index in [1.54, 1.807) is 11.3 Å². The van der Waals surface area contributed by atoms with Crippen molar-refractivity contribution >= 4 is 16.3 Å². The summed E-state index contributed by atoms with van der Waals surface area (Å²) in [5, 5.41) is 14.1. The van der Waals surface area contributed by atoms with Crippen LogP contribution in [-0.4, -0.2) is 33.0 Å². The predicted molar refractivity (Wildman–Crippen MR) is 66.6 cm³/mol. The predicted octanol–water partition coefficient (Wildman–Crippen LogP) is 1.03. The third-order valence-corrected chi connectivity index (χ3v) is 4.93. The standard InChI is InChI=1S/C11H15N5OS/c12-11(3-4-11)9-15-16-8(13-14-10(16)18-9)7-1-5-17-6-2-7/h7H,1-6,12H2. The average Bonchev–Trinajstić information content (AvgIpc) is 2.86. The molecule has 0 atom stereocenters. The first-order valence-corrected chi connectivity index (χ1v) is 7.17. The van der Waals surface area contributed by atoms with Gasteiger partial charge in [-0.05, 0) is 25.7 Å². The summed E-state index contributed by atoms with van der Waals surface area (Å²) in [5.74, 6) is 1.39. The summed E-state index contributed by atoms with van der Waals surface area (Å²) in [4.78, 5) is 0.864. The van der Waals surface area contributed by atoms with Crippen molar-refractivity contribution in [2.45, 2.75) is 37.1 Å². The van der Waals surface area contributed by atoms with E-state index in [0.29, 0.717) is 5.92 Å². The Hall–Kier alpha value is -1.05. The summed E-state index contributed by atoms with van der Waals surface area (Å²) in [5.41, 5.74) is 6.00. The highest BCUT2D eigenvalue weighted by Gasteiger charge is 2.44. The Bertz CT molecular complexity index is 581. The number of aromatic nitrogens is 4. The van der Waals surface area contributed by atoms with Crippen LogP contribution in [0.25, 0.3) is 4.96 Å². The minimum atomic E-state index is -0.182. The molecule has 2 fully saturated rings. The smallest absolute Gasteiger partial charge is 0.234 e. The van der Waals surface area contributed by atoms with E-state index in [1.807, 2.05) is 4.52 Å². The third kappa shape index (κ3) is 1.58. The van der Waals surface area contributed by atoms with E-state index >= 15 is 0 Å². The van der Waals surface area contributed by atoms with Crippen LogP contribution in [0.1, 0.15) is 42.4 Å². The highest BCUT2D eigenvalue weighted by atomic mass is 32.1. The molecule has 0 amide bonds. The van der Waals surface area contributed by atoms with Crippen molar-refractivity contribution in [3.8, 4) is 0 Å². The molecule has 2 N–H and O–H groups in total. The summed E-state index contributed by atoms with van der Waals surface area (Å²) in [6.45, 7) is 1.61. The minimum absolute atomic E-state index is 0.182. The molecule has 1 saturated carbocycles. The summed E-state index contributed by atoms with van der Waals surface area (Å²) in [6, 6.07) is 0. The first-order valence-electron chi connectivity index (χ1n) is 6.35. The Kier molecular flexibility index (Phi) is 2.24. The lowest BCUT2D eigenvalue weighted by Gasteiger charge is -2.19. The molecule has 4 rings (SSSR count). The number of rotatable bonds is 2. The first-order chi connectivity index (χ1) is 8.76. The van der Waals surface area contributed by atoms with Gasteiger partial charge in [-0.25, -0.2) is 0 Å². The van der Waals surface area contributed by atoms with E-state index in [9.17, 15) is 0 Å². The fourth-order valence-electron chi connectivity index (χ4n) is 2.39. The molecule has 96 valence electrons. The zero-order valence-electron chi connectivity index (χ0n) is 10.0. The maximum absolute atomic E-state index is 6.19. The van der Waals surface area contributed by atoms with Gasteiger partial charge in [-0.3, -0.25) is 0 Å². The highest BCUT2D eigenvalue weighted by Crippen LogP contribution is 2.44. The van der Waals surface area contributed by atoms with Gasteiger partial charge in [-0.1, -0.05) is 11.3 Å². The summed E-state index contributed by atoms with van der Waals surface area (Å²) < 4.78 is 7.28. The molecule has 3 heterocycles. The van der Waals surface area contributed by atoms with Crippen molar-refractivity contribution in [1.82, 2.24) is 19.8 Å². The van der Waals surface area contributed by atoms with Crippen molar-refractivity contribution in [2.24, 2.45) is 5.73 Å². The molecule has 0 spiro atoms. The van der Waals surface area contributed by atoms with Crippen LogP contribution in [0.3, 0.4) is 0 Å². The lowest BCUT2D eigenvalue weighted by molar-refractivity contribution is 0.0831. The Morgan fingerprint density at radius 3 is 2.78 bits per heavy atom. The zero-order valence-corrected chi connectivity index (χ0v) is 10.8. The van der Waals surface area contributed by atoms with Crippen molar-refractivity contribution in [3.05, 3.63) is 10.8 Å². The molecule has 18 heavy (non-hydrogen) atoms. The lowest BCUT2D eigenvalue weighted by atomic mass is 10.00. The largest absolute Gasteiger partial charge is 0.381 e. The van der Waals surface area contributed by atoms with Crippen LogP contribution in [-0.2, 0) is 10.3 Å². The molecule has 6 nitrogen and oxygen atoms in total. The van der Waals surface area contributed by atoms with Crippen LogP contribution in [0.2, 0.25) is 0 Å². The molecular weight excluding hydrogens is 250 g/mol. The summed E-state index contributed by atoms with van der Waals surface area (Å²) in [6.07, 6.45) is 4.07. The van der Waals surface area contributed by atoms with E-state index < -0.39 is 0 Å². The van der Waals surface area contributed by atoms with Gasteiger partial charge in [-0.15, -0.1) is 10.2 Å². The Balaban J connectivity index is 1.74. The van der Waals surface area contributed by atoms with Gasteiger partial charge in [0.25, 0.3) is 0 Å². The van der Waals surface area contributed by atoms with Crippen molar-refractivity contribution in [1.29, 1.82) is 0 Å². The molecule has 1 aliphatic carbocycles. The molecule has 1 saturated heterocycles. The molecule has 0 bridgehead atoms. The lowest BCUT2D eigenvalue weighted by Crippen LogP contribution is -2.20. The van der Waals surface area contributed by atoms with E-state index in [1.165, 1.54) is 0 Å². The molecule has 0 unspecified atom stereocenters. The molecular formula is C11H15N5OS. The first kappa shape index (κ1) is 10.8. The Labute approximate surface area is 108 Å². The van der Waals surface area contributed by atoms with Gasteiger partial charge in [0.2, 0.25) is 4.96 Å². The number of hydrogen-bond acceptors (Lipinski definition) is 6. The van der Waals surface area contributed by atoms with Gasteiger partial charge >= 0.3 is 0 Å². The number of nitrogens with zero attached hydrogens (tertiary/aromatic N) is 4. The second-order valence-electron chi connectivity index (χ2n) is 5.20. The maximum Gasteiger partial charge on any atom is 0.234 e. The molecule has 1 aliphatic heterocycles. The fraction of sp³-hybridized carbons (Fsp3) is 0.727. The van der Waals surface area contributed by atoms with Crippen LogP contribution in [0.15, 0.2) is 0 Å². The van der Waals surface area contributed by atoms with Crippen LogP contribution in [0, 0.1) is 0 Å². The number of hydrogen-bond donors (Lipinski definition) is 1. The monoisotopic (exact) mass is 265 g/mol. The molecule has 2 aromatic rings. The van der Waals surface area contributed by atoms with E-state index in [0.717, 1.165) is 54.7 Å². The normalized spacial score (nSPS) is 23.6. The van der Waals surface area contributed by atoms with Gasteiger partial charge in [0, 0.05) is 19.1 Å². The number of nitrogens with two attached hydrogens (primary N) is 1. The zero-order chi connectivity index (χ0) is 12.2. The SMILES string of the molecule is NC1(c2nn3c(C4CCOCC4)nnc3s2)CC1. The molecule has 2 aromatic heterocycles. The Morgan fingerprint density at radius 1 is 1.28 bits per heavy atom. The molecule has 2 aliphatic rings. The quantitative estimate of drug-likeness (QED) is 0.877. The molecule has 0 radical (unpaired) electrons. The van der Waals surface area contributed by atoms with Gasteiger partial charge in [0.05, 0.1) is 5.54 Å². The third-order valence-electron chi connectivity index (χ3n) is 3.82. The topological polar surface area (TPSA) is 78.3 Å². The van der Waals surface area contributed by atoms with Crippen LogP contribution in [0.4, 0.5) is 0 Å². The van der Waals surface area contributed by atoms with E-state index in [-0.39, 0.29) is 5.54 Å². The van der Waals surface area contributed by atoms with Crippen molar-refractivity contribution < 1.29 is 4.74 Å². The number of fused-ring (bicyclic) bond motifs is 1. The Morgan fingerprint density at radius 2 is 2.06 bits per heavy atom. The molecule has 0 aromatic carbocycles. The maximum atomic E-state index is 6.19. The minimum Gasteiger partial charge on any atom is -0.381 e. The van der Waals surface area contributed by atoms with Crippen LogP contribution < -0.4 is 5.73 Å². The van der Waals surface area contributed by atoms with E-state index in [2.05, 4.69) is 15.3 Å². The van der Waals surface area contributed by atoms with Gasteiger partial charge < -0.3 is 10.5 Å². The highest BCUT2D eigenvalue weighted by molar-refractivity contribution is 7.16. The summed E-state index contributed by atoms with van der Waals surface area (Å²) in [7, 11) is 0. The summed E-state index contributed by atoms with van der Waals surface area (Å²) >= 11 is 1.57. The van der Waals surface area contributed by atoms with E-state index in [4.69, 9.17) is 10.5 Å². The van der Waals surface area contributed by atoms with Gasteiger partial charge in [0.15, 0.2) is 5.82 Å². The second kappa shape index (κ2) is 3.72. The van der Waals surface area contributed by atoms with Gasteiger partial charge in [0.1, 0.15) is 5.01 Å². The fourth-order valence-corrected chi connectivity index (χ4v) is 3.40. The average molecular weight is 265 g/mol. The van der Waals surface area contributed by atoms with Crippen molar-refractivity contribution in [2.75, 3.05) is 13.2 Å². The second-order valence-corrected chi connectivity index (χ2v) is 6.16. The molecule has 7 heteroatoms. The van der Waals surface area contributed by atoms with Gasteiger partial charge in [-0.2, -0.15) is 9.61 Å². The van der Waals surface area contributed by atoms with Crippen LogP contribution >= 0.6 is 11.3 Å². The van der Waals surface area contributed by atoms with Crippen molar-refractivity contribution in [3.63, 3.8) is 0 Å². The van der Waals surface area contributed by atoms with Crippen LogP contribution in [0.5, 0.6) is 0 Å². The number of ether oxygens (including phenoxy) is 1.